The molecule has 0 saturated carbocycles. The molecule has 2 N–H and O–H groups in total. The largest absolute Gasteiger partial charge is 0.423 e. The highest BCUT2D eigenvalue weighted by Crippen LogP contribution is 2.23. The molecule has 2 rings (SSSR count). The summed E-state index contributed by atoms with van der Waals surface area (Å²) in [5.74, 6) is 0. The molecule has 7 heteroatoms. The van der Waals surface area contributed by atoms with Crippen molar-refractivity contribution in [2.24, 2.45) is 11.1 Å². The van der Waals surface area contributed by atoms with Gasteiger partial charge in [-0.2, -0.15) is 0 Å². The van der Waals surface area contributed by atoms with Crippen molar-refractivity contribution in [1.82, 2.24) is 4.31 Å². The molecule has 6 nitrogen and oxygen atoms in total. The summed E-state index contributed by atoms with van der Waals surface area (Å²) in [5, 5.41) is 0.562. The first kappa shape index (κ1) is 16.7. The van der Waals surface area contributed by atoms with Gasteiger partial charge in [0.2, 0.25) is 10.0 Å². The maximum absolute atomic E-state index is 12.6. The van der Waals surface area contributed by atoms with E-state index in [0.717, 1.165) is 0 Å². The van der Waals surface area contributed by atoms with Crippen molar-refractivity contribution < 1.29 is 12.8 Å². The number of rotatable bonds is 5. The van der Waals surface area contributed by atoms with Gasteiger partial charge in [0.05, 0.1) is 4.90 Å². The molecule has 120 valence electrons. The van der Waals surface area contributed by atoms with Crippen LogP contribution in [0.5, 0.6) is 0 Å². The van der Waals surface area contributed by atoms with Gasteiger partial charge in [-0.3, -0.25) is 0 Å². The number of hydrogen-bond donors (Lipinski definition) is 1. The van der Waals surface area contributed by atoms with E-state index in [1.165, 1.54) is 35.6 Å². The second-order valence-corrected chi connectivity index (χ2v) is 8.13. The first-order valence-electron chi connectivity index (χ1n) is 6.86. The van der Waals surface area contributed by atoms with Gasteiger partial charge >= 0.3 is 5.63 Å². The Labute approximate surface area is 129 Å². The number of hydrogen-bond acceptors (Lipinski definition) is 5. The third kappa shape index (κ3) is 3.37. The third-order valence-corrected chi connectivity index (χ3v) is 5.30. The molecule has 1 aromatic carbocycles. The van der Waals surface area contributed by atoms with E-state index in [1.807, 2.05) is 13.8 Å². The smallest absolute Gasteiger partial charge is 0.336 e. The van der Waals surface area contributed by atoms with E-state index in [1.54, 1.807) is 6.07 Å². The van der Waals surface area contributed by atoms with Crippen molar-refractivity contribution in [3.05, 3.63) is 40.8 Å². The van der Waals surface area contributed by atoms with E-state index < -0.39 is 15.6 Å². The molecule has 2 aromatic rings. The lowest BCUT2D eigenvalue weighted by Crippen LogP contribution is -2.39. The summed E-state index contributed by atoms with van der Waals surface area (Å²) in [6.07, 6.45) is 0. The van der Waals surface area contributed by atoms with Gasteiger partial charge in [-0.05, 0) is 36.2 Å². The van der Waals surface area contributed by atoms with Crippen LogP contribution in [0.4, 0.5) is 0 Å². The van der Waals surface area contributed by atoms with Crippen LogP contribution in [0, 0.1) is 5.41 Å². The zero-order valence-corrected chi connectivity index (χ0v) is 13.7. The predicted octanol–water partition coefficient (Wildman–Crippen LogP) is 1.40. The van der Waals surface area contributed by atoms with Crippen molar-refractivity contribution in [2.75, 3.05) is 20.1 Å². The summed E-state index contributed by atoms with van der Waals surface area (Å²) >= 11 is 0. The van der Waals surface area contributed by atoms with Crippen LogP contribution in [0.3, 0.4) is 0 Å². The minimum Gasteiger partial charge on any atom is -0.423 e. The second kappa shape index (κ2) is 5.83. The van der Waals surface area contributed by atoms with Crippen molar-refractivity contribution >= 4 is 21.0 Å². The lowest BCUT2D eigenvalue weighted by atomic mass is 9.94. The summed E-state index contributed by atoms with van der Waals surface area (Å²) in [7, 11) is -2.10. The number of nitrogens with two attached hydrogens (primary N) is 1. The molecule has 22 heavy (non-hydrogen) atoms. The molecule has 0 atom stereocenters. The maximum Gasteiger partial charge on any atom is 0.336 e. The number of nitrogens with zero attached hydrogens (tertiary/aromatic N) is 1. The average molecular weight is 324 g/mol. The van der Waals surface area contributed by atoms with Crippen LogP contribution < -0.4 is 11.4 Å². The lowest BCUT2D eigenvalue weighted by Gasteiger charge is -2.28. The van der Waals surface area contributed by atoms with Crippen LogP contribution in [0.15, 0.2) is 44.4 Å². The summed E-state index contributed by atoms with van der Waals surface area (Å²) < 4.78 is 31.6. The average Bonchev–Trinajstić information content (AvgIpc) is 2.46. The molecule has 1 aromatic heterocycles. The molecule has 0 unspecified atom stereocenters. The van der Waals surface area contributed by atoms with E-state index in [-0.39, 0.29) is 10.3 Å². The summed E-state index contributed by atoms with van der Waals surface area (Å²) in [4.78, 5) is 11.3. The van der Waals surface area contributed by atoms with Crippen molar-refractivity contribution in [3.8, 4) is 0 Å². The number of benzene rings is 1. The van der Waals surface area contributed by atoms with E-state index in [4.69, 9.17) is 10.2 Å². The Kier molecular flexibility index (Phi) is 4.42. The molecule has 0 bridgehead atoms. The minimum atomic E-state index is -3.63. The van der Waals surface area contributed by atoms with Gasteiger partial charge in [-0.25, -0.2) is 17.5 Å². The topological polar surface area (TPSA) is 93.6 Å². The fraction of sp³-hybridized carbons (Fsp3) is 0.400. The highest BCUT2D eigenvalue weighted by molar-refractivity contribution is 7.89. The van der Waals surface area contributed by atoms with Crippen molar-refractivity contribution in [3.63, 3.8) is 0 Å². The predicted molar refractivity (Wildman–Crippen MR) is 85.1 cm³/mol. The van der Waals surface area contributed by atoms with Gasteiger partial charge in [0.1, 0.15) is 5.58 Å². The van der Waals surface area contributed by atoms with Gasteiger partial charge in [-0.15, -0.1) is 0 Å². The molecular weight excluding hydrogens is 304 g/mol. The van der Waals surface area contributed by atoms with Crippen LogP contribution in [-0.2, 0) is 10.0 Å². The zero-order chi connectivity index (χ0) is 16.5. The third-order valence-electron chi connectivity index (χ3n) is 3.50. The van der Waals surface area contributed by atoms with Gasteiger partial charge in [0, 0.05) is 25.0 Å². The van der Waals surface area contributed by atoms with E-state index in [9.17, 15) is 13.2 Å². The Balaban J connectivity index is 2.41. The molecule has 0 saturated heterocycles. The van der Waals surface area contributed by atoms with Crippen LogP contribution in [0.2, 0.25) is 0 Å². The first-order chi connectivity index (χ1) is 10.2. The Bertz CT molecular complexity index is 840. The molecule has 0 spiro atoms. The Hall–Kier alpha value is -1.70. The van der Waals surface area contributed by atoms with Gasteiger partial charge in [0.25, 0.3) is 0 Å². The van der Waals surface area contributed by atoms with Crippen molar-refractivity contribution in [2.45, 2.75) is 18.7 Å². The Morgan fingerprint density at radius 2 is 1.91 bits per heavy atom. The molecule has 0 aliphatic heterocycles. The van der Waals surface area contributed by atoms with Crippen LogP contribution in [-0.4, -0.2) is 32.9 Å². The standard InChI is InChI=1S/C15H20N2O4S/c1-15(2,9-16)10-17(3)22(19,20)12-5-6-13-11(8-12)4-7-14(18)21-13/h4-8H,9-10,16H2,1-3H3. The van der Waals surface area contributed by atoms with Crippen LogP contribution in [0.25, 0.3) is 11.0 Å². The summed E-state index contributed by atoms with van der Waals surface area (Å²) in [5.41, 5.74) is 5.24. The molecule has 0 aliphatic rings. The number of fused-ring (bicyclic) bond motifs is 1. The fourth-order valence-corrected chi connectivity index (χ4v) is 3.54. The Morgan fingerprint density at radius 3 is 2.55 bits per heavy atom. The first-order valence-corrected chi connectivity index (χ1v) is 8.30. The lowest BCUT2D eigenvalue weighted by molar-refractivity contribution is 0.292. The quantitative estimate of drug-likeness (QED) is 0.839. The molecule has 0 aliphatic carbocycles. The normalized spacial score (nSPS) is 13.0. The SMILES string of the molecule is CN(CC(C)(C)CN)S(=O)(=O)c1ccc2oc(=O)ccc2c1. The Morgan fingerprint density at radius 1 is 1.23 bits per heavy atom. The van der Waals surface area contributed by atoms with E-state index >= 15 is 0 Å². The minimum absolute atomic E-state index is 0.157. The van der Waals surface area contributed by atoms with Crippen LogP contribution in [0.1, 0.15) is 13.8 Å². The molecule has 0 fully saturated rings. The van der Waals surface area contributed by atoms with E-state index in [2.05, 4.69) is 0 Å². The fourth-order valence-electron chi connectivity index (χ4n) is 2.14. The van der Waals surface area contributed by atoms with Gasteiger partial charge in [0.15, 0.2) is 0 Å². The molecule has 0 radical (unpaired) electrons. The maximum atomic E-state index is 12.6. The highest BCUT2D eigenvalue weighted by atomic mass is 32.2. The van der Waals surface area contributed by atoms with Crippen molar-refractivity contribution in [1.29, 1.82) is 0 Å². The van der Waals surface area contributed by atoms with Gasteiger partial charge < -0.3 is 10.2 Å². The van der Waals surface area contributed by atoms with Gasteiger partial charge in [-0.1, -0.05) is 13.8 Å². The zero-order valence-electron chi connectivity index (χ0n) is 12.9. The second-order valence-electron chi connectivity index (χ2n) is 6.08. The monoisotopic (exact) mass is 324 g/mol. The van der Waals surface area contributed by atoms with E-state index in [0.29, 0.717) is 24.1 Å². The van der Waals surface area contributed by atoms with Crippen LogP contribution >= 0.6 is 0 Å². The summed E-state index contributed by atoms with van der Waals surface area (Å²) in [6, 6.07) is 7.24. The molecular formula is C15H20N2O4S. The molecule has 0 amide bonds. The highest BCUT2D eigenvalue weighted by Gasteiger charge is 2.27. The number of sulfonamides is 1. The molecule has 1 heterocycles. The summed E-state index contributed by atoms with van der Waals surface area (Å²) in [6.45, 7) is 4.52.